The molecular formula is C12H16F3NO3. The van der Waals surface area contributed by atoms with Gasteiger partial charge in [-0.3, -0.25) is 0 Å². The van der Waals surface area contributed by atoms with Gasteiger partial charge in [-0.2, -0.15) is 0 Å². The Morgan fingerprint density at radius 2 is 2.05 bits per heavy atom. The summed E-state index contributed by atoms with van der Waals surface area (Å²) in [6.07, 6.45) is -5.03. The van der Waals surface area contributed by atoms with Gasteiger partial charge in [0, 0.05) is 12.6 Å². The lowest BCUT2D eigenvalue weighted by atomic mass is 10.1. The molecule has 0 saturated carbocycles. The highest BCUT2D eigenvalue weighted by molar-refractivity contribution is 5.40. The number of hydrogen-bond donors (Lipinski definition) is 2. The third-order valence-electron chi connectivity index (χ3n) is 2.36. The van der Waals surface area contributed by atoms with E-state index in [1.807, 2.05) is 6.92 Å². The fourth-order valence-electron chi connectivity index (χ4n) is 1.41. The third kappa shape index (κ3) is 5.35. The van der Waals surface area contributed by atoms with Gasteiger partial charge in [0.2, 0.25) is 0 Å². The molecule has 19 heavy (non-hydrogen) atoms. The van der Waals surface area contributed by atoms with E-state index in [4.69, 9.17) is 10.5 Å². The standard InChI is InChI=1S/C12H16F3NO3/c1-2-8-3-4-10(19-12(13,14)15)5-11(8)18-7-9(17)6-16/h3-5,9,17H,2,6-7,16H2,1H3. The molecule has 7 heteroatoms. The Labute approximate surface area is 108 Å². The maximum absolute atomic E-state index is 12.1. The summed E-state index contributed by atoms with van der Waals surface area (Å²) < 4.78 is 45.4. The Hall–Kier alpha value is -1.47. The van der Waals surface area contributed by atoms with E-state index in [0.717, 1.165) is 11.6 Å². The number of aliphatic hydroxyl groups is 1. The first kappa shape index (κ1) is 15.6. The molecule has 0 radical (unpaired) electrons. The predicted molar refractivity (Wildman–Crippen MR) is 63.1 cm³/mol. The van der Waals surface area contributed by atoms with E-state index in [1.54, 1.807) is 0 Å². The number of alkyl halides is 3. The number of benzene rings is 1. The van der Waals surface area contributed by atoms with E-state index in [0.29, 0.717) is 6.42 Å². The van der Waals surface area contributed by atoms with Crippen LogP contribution in [-0.4, -0.2) is 30.7 Å². The summed E-state index contributed by atoms with van der Waals surface area (Å²) in [6, 6.07) is 3.86. The lowest BCUT2D eigenvalue weighted by molar-refractivity contribution is -0.274. The second kappa shape index (κ2) is 6.63. The smallest absolute Gasteiger partial charge is 0.490 e. The molecule has 3 N–H and O–H groups in total. The Morgan fingerprint density at radius 3 is 2.58 bits per heavy atom. The van der Waals surface area contributed by atoms with E-state index in [2.05, 4.69) is 4.74 Å². The normalized spacial score (nSPS) is 13.2. The highest BCUT2D eigenvalue weighted by Gasteiger charge is 2.31. The molecule has 0 fully saturated rings. The molecule has 0 aliphatic carbocycles. The number of aryl methyl sites for hydroxylation is 1. The maximum Gasteiger partial charge on any atom is 0.573 e. The fourth-order valence-corrected chi connectivity index (χ4v) is 1.41. The van der Waals surface area contributed by atoms with Crippen molar-refractivity contribution < 1.29 is 27.8 Å². The van der Waals surface area contributed by atoms with Crippen molar-refractivity contribution in [3.63, 3.8) is 0 Å². The van der Waals surface area contributed by atoms with Gasteiger partial charge in [-0.1, -0.05) is 13.0 Å². The minimum absolute atomic E-state index is 0.0141. The molecule has 0 spiro atoms. The largest absolute Gasteiger partial charge is 0.573 e. The SMILES string of the molecule is CCc1ccc(OC(F)(F)F)cc1OCC(O)CN. The van der Waals surface area contributed by atoms with Crippen LogP contribution >= 0.6 is 0 Å². The van der Waals surface area contributed by atoms with Crippen LogP contribution in [0.25, 0.3) is 0 Å². The molecule has 1 rings (SSSR count). The van der Waals surface area contributed by atoms with Gasteiger partial charge in [0.25, 0.3) is 0 Å². The molecule has 4 nitrogen and oxygen atoms in total. The van der Waals surface area contributed by atoms with Crippen LogP contribution in [0.5, 0.6) is 11.5 Å². The fraction of sp³-hybridized carbons (Fsp3) is 0.500. The number of ether oxygens (including phenoxy) is 2. The summed E-state index contributed by atoms with van der Waals surface area (Å²) in [7, 11) is 0. The highest BCUT2D eigenvalue weighted by Crippen LogP contribution is 2.29. The topological polar surface area (TPSA) is 64.7 Å². The zero-order chi connectivity index (χ0) is 14.5. The summed E-state index contributed by atoms with van der Waals surface area (Å²) >= 11 is 0. The molecule has 0 saturated heterocycles. The van der Waals surface area contributed by atoms with Crippen molar-refractivity contribution >= 4 is 0 Å². The highest BCUT2D eigenvalue weighted by atomic mass is 19.4. The Kier molecular flexibility index (Phi) is 5.44. The van der Waals surface area contributed by atoms with Crippen molar-refractivity contribution in [2.75, 3.05) is 13.2 Å². The van der Waals surface area contributed by atoms with Gasteiger partial charge >= 0.3 is 6.36 Å². The van der Waals surface area contributed by atoms with Gasteiger partial charge in [-0.05, 0) is 18.1 Å². The van der Waals surface area contributed by atoms with E-state index in [-0.39, 0.29) is 24.7 Å². The van der Waals surface area contributed by atoms with Crippen molar-refractivity contribution in [2.45, 2.75) is 25.8 Å². The van der Waals surface area contributed by atoms with Crippen molar-refractivity contribution in [1.82, 2.24) is 0 Å². The summed E-state index contributed by atoms with van der Waals surface area (Å²) in [5.74, 6) is -0.112. The van der Waals surface area contributed by atoms with Crippen LogP contribution in [0.15, 0.2) is 18.2 Å². The predicted octanol–water partition coefficient (Wildman–Crippen LogP) is 1.85. The van der Waals surface area contributed by atoms with Gasteiger partial charge < -0.3 is 20.3 Å². The minimum Gasteiger partial charge on any atom is -0.490 e. The number of halogens is 3. The van der Waals surface area contributed by atoms with Crippen LogP contribution in [0.2, 0.25) is 0 Å². The summed E-state index contributed by atoms with van der Waals surface area (Å²) in [6.45, 7) is 1.77. The van der Waals surface area contributed by atoms with Crippen LogP contribution in [0.3, 0.4) is 0 Å². The molecule has 108 valence electrons. The van der Waals surface area contributed by atoms with Gasteiger partial charge in [0.15, 0.2) is 0 Å². The van der Waals surface area contributed by atoms with E-state index >= 15 is 0 Å². The molecular weight excluding hydrogens is 263 g/mol. The maximum atomic E-state index is 12.1. The zero-order valence-corrected chi connectivity index (χ0v) is 10.4. The second-order valence-corrected chi connectivity index (χ2v) is 3.87. The average Bonchev–Trinajstić information content (AvgIpc) is 2.34. The van der Waals surface area contributed by atoms with Gasteiger partial charge in [0.1, 0.15) is 24.2 Å². The Bertz CT molecular complexity index is 410. The monoisotopic (exact) mass is 279 g/mol. The number of hydrogen-bond acceptors (Lipinski definition) is 4. The molecule has 1 atom stereocenters. The minimum atomic E-state index is -4.75. The quantitative estimate of drug-likeness (QED) is 0.834. The van der Waals surface area contributed by atoms with Crippen LogP contribution in [0, 0.1) is 0 Å². The lowest BCUT2D eigenvalue weighted by Gasteiger charge is -2.15. The van der Waals surface area contributed by atoms with Crippen molar-refractivity contribution in [1.29, 1.82) is 0 Å². The molecule has 0 aliphatic heterocycles. The molecule has 1 aromatic rings. The van der Waals surface area contributed by atoms with Crippen molar-refractivity contribution in [3.05, 3.63) is 23.8 Å². The average molecular weight is 279 g/mol. The van der Waals surface area contributed by atoms with Gasteiger partial charge in [-0.15, -0.1) is 13.2 Å². The van der Waals surface area contributed by atoms with Gasteiger partial charge in [-0.25, -0.2) is 0 Å². The van der Waals surface area contributed by atoms with E-state index in [1.165, 1.54) is 12.1 Å². The number of nitrogens with two attached hydrogens (primary N) is 1. The second-order valence-electron chi connectivity index (χ2n) is 3.87. The molecule has 1 aromatic carbocycles. The van der Waals surface area contributed by atoms with Gasteiger partial charge in [0.05, 0.1) is 0 Å². The molecule has 0 heterocycles. The third-order valence-corrected chi connectivity index (χ3v) is 2.36. The summed E-state index contributed by atoms with van der Waals surface area (Å²) in [4.78, 5) is 0. The summed E-state index contributed by atoms with van der Waals surface area (Å²) in [5.41, 5.74) is 5.94. The number of rotatable bonds is 6. The zero-order valence-electron chi connectivity index (χ0n) is 10.4. The first-order chi connectivity index (χ1) is 8.85. The summed E-state index contributed by atoms with van der Waals surface area (Å²) in [5, 5.41) is 9.28. The lowest BCUT2D eigenvalue weighted by Crippen LogP contribution is -2.26. The van der Waals surface area contributed by atoms with E-state index < -0.39 is 12.5 Å². The first-order valence-corrected chi connectivity index (χ1v) is 5.75. The van der Waals surface area contributed by atoms with Crippen LogP contribution in [0.1, 0.15) is 12.5 Å². The van der Waals surface area contributed by atoms with Crippen LogP contribution < -0.4 is 15.2 Å². The van der Waals surface area contributed by atoms with Crippen LogP contribution in [-0.2, 0) is 6.42 Å². The van der Waals surface area contributed by atoms with Crippen LogP contribution in [0.4, 0.5) is 13.2 Å². The Morgan fingerprint density at radius 1 is 1.37 bits per heavy atom. The van der Waals surface area contributed by atoms with E-state index in [9.17, 15) is 18.3 Å². The molecule has 0 aromatic heterocycles. The molecule has 0 bridgehead atoms. The number of aliphatic hydroxyl groups excluding tert-OH is 1. The first-order valence-electron chi connectivity index (χ1n) is 5.75. The molecule has 1 unspecified atom stereocenters. The molecule has 0 amide bonds. The molecule has 0 aliphatic rings. The van der Waals surface area contributed by atoms with Crippen molar-refractivity contribution in [2.24, 2.45) is 5.73 Å². The Balaban J connectivity index is 2.84. The van der Waals surface area contributed by atoms with Crippen molar-refractivity contribution in [3.8, 4) is 11.5 Å².